The second-order valence-electron chi connectivity index (χ2n) is 8.64. The van der Waals surface area contributed by atoms with Crippen LogP contribution < -0.4 is 5.32 Å². The van der Waals surface area contributed by atoms with Gasteiger partial charge in [-0.25, -0.2) is 0 Å². The quantitative estimate of drug-likeness (QED) is 0.819. The lowest BCUT2D eigenvalue weighted by molar-refractivity contribution is -0.136. The monoisotopic (exact) mass is 393 g/mol. The predicted octanol–water partition coefficient (Wildman–Crippen LogP) is 3.16. The summed E-state index contributed by atoms with van der Waals surface area (Å²) in [7, 11) is 2.15. The van der Waals surface area contributed by atoms with Gasteiger partial charge in [-0.1, -0.05) is 30.3 Å². The van der Waals surface area contributed by atoms with Gasteiger partial charge in [0.25, 0.3) is 0 Å². The van der Waals surface area contributed by atoms with Crippen molar-refractivity contribution in [3.63, 3.8) is 0 Å². The molecule has 1 aromatic carbocycles. The van der Waals surface area contributed by atoms with Crippen LogP contribution in [0.1, 0.15) is 24.8 Å². The van der Waals surface area contributed by atoms with Crippen molar-refractivity contribution < 1.29 is 9.53 Å². The molecule has 5 heteroatoms. The van der Waals surface area contributed by atoms with E-state index in [-0.39, 0.29) is 11.3 Å². The third-order valence-electron chi connectivity index (χ3n) is 6.46. The summed E-state index contributed by atoms with van der Waals surface area (Å²) in [5.74, 6) is 0.770. The summed E-state index contributed by atoms with van der Waals surface area (Å²) in [4.78, 5) is 19.8. The molecule has 0 aliphatic carbocycles. The molecule has 3 heterocycles. The first kappa shape index (κ1) is 20.0. The molecule has 2 aromatic rings. The van der Waals surface area contributed by atoms with E-state index in [1.54, 1.807) is 6.20 Å². The van der Waals surface area contributed by atoms with Gasteiger partial charge in [-0.3, -0.25) is 9.78 Å². The zero-order valence-corrected chi connectivity index (χ0v) is 17.3. The summed E-state index contributed by atoms with van der Waals surface area (Å²) in [6.45, 7) is 4.31. The average molecular weight is 394 g/mol. The van der Waals surface area contributed by atoms with Gasteiger partial charge in [0.2, 0.25) is 5.91 Å². The predicted molar refractivity (Wildman–Crippen MR) is 114 cm³/mol. The fraction of sp³-hybridized carbons (Fsp3) is 0.500. The van der Waals surface area contributed by atoms with E-state index in [0.717, 1.165) is 50.0 Å². The lowest BCUT2D eigenvalue weighted by atomic mass is 9.74. The summed E-state index contributed by atoms with van der Waals surface area (Å²) in [6, 6.07) is 12.6. The number of hydrogen-bond donors (Lipinski definition) is 1. The first-order chi connectivity index (χ1) is 14.1. The zero-order valence-electron chi connectivity index (χ0n) is 17.3. The molecule has 0 saturated carbocycles. The highest BCUT2D eigenvalue weighted by atomic mass is 16.5. The maximum absolute atomic E-state index is 13.3. The Bertz CT molecular complexity index is 801. The molecule has 1 atom stereocenters. The van der Waals surface area contributed by atoms with Gasteiger partial charge in [0, 0.05) is 38.7 Å². The Balaban J connectivity index is 1.44. The van der Waals surface area contributed by atoms with Crippen LogP contribution in [0.5, 0.6) is 0 Å². The molecule has 1 N–H and O–H groups in total. The van der Waals surface area contributed by atoms with E-state index in [4.69, 9.17) is 4.74 Å². The highest BCUT2D eigenvalue weighted by Gasteiger charge is 2.40. The Hall–Kier alpha value is -2.24. The molecule has 29 heavy (non-hydrogen) atoms. The Kier molecular flexibility index (Phi) is 6.26. The number of amides is 1. The van der Waals surface area contributed by atoms with E-state index < -0.39 is 0 Å². The van der Waals surface area contributed by atoms with Crippen molar-refractivity contribution in [2.24, 2.45) is 11.3 Å². The lowest BCUT2D eigenvalue weighted by Gasteiger charge is -2.36. The molecule has 2 saturated heterocycles. The molecule has 0 spiro atoms. The average Bonchev–Trinajstić information content (AvgIpc) is 3.19. The minimum Gasteiger partial charge on any atom is -0.381 e. The third kappa shape index (κ3) is 4.85. The van der Waals surface area contributed by atoms with Gasteiger partial charge in [0.1, 0.15) is 0 Å². The van der Waals surface area contributed by atoms with E-state index in [1.165, 1.54) is 12.0 Å². The second kappa shape index (κ2) is 9.06. The summed E-state index contributed by atoms with van der Waals surface area (Å²) in [6.07, 6.45) is 7.17. The maximum Gasteiger partial charge on any atom is 0.226 e. The standard InChI is InChI=1S/C24H31N3O2/c1-27-12-8-20(18-27)16-26-23(28)24(9-13-29-14-10-24)15-19-4-6-21(7-5-19)22-3-2-11-25-17-22/h2-7,11,17,20H,8-10,12-16,18H2,1H3,(H,26,28). The molecule has 154 valence electrons. The van der Waals surface area contributed by atoms with Gasteiger partial charge in [-0.05, 0) is 68.0 Å². The van der Waals surface area contributed by atoms with Crippen LogP contribution in [0.15, 0.2) is 48.8 Å². The number of rotatable bonds is 6. The molecule has 0 bridgehead atoms. The molecule has 1 amide bonds. The first-order valence-corrected chi connectivity index (χ1v) is 10.7. The number of nitrogens with one attached hydrogen (secondary N) is 1. The molecule has 5 nitrogen and oxygen atoms in total. The Morgan fingerprint density at radius 3 is 2.66 bits per heavy atom. The van der Waals surface area contributed by atoms with E-state index >= 15 is 0 Å². The summed E-state index contributed by atoms with van der Waals surface area (Å²) < 4.78 is 5.59. The number of benzene rings is 1. The molecule has 4 rings (SSSR count). The fourth-order valence-electron chi connectivity index (χ4n) is 4.60. The van der Waals surface area contributed by atoms with E-state index in [9.17, 15) is 4.79 Å². The van der Waals surface area contributed by atoms with Crippen LogP contribution in [0.2, 0.25) is 0 Å². The molecule has 0 radical (unpaired) electrons. The van der Waals surface area contributed by atoms with E-state index in [1.807, 2.05) is 12.3 Å². The van der Waals surface area contributed by atoms with E-state index in [2.05, 4.69) is 52.6 Å². The van der Waals surface area contributed by atoms with Crippen LogP contribution in [0.4, 0.5) is 0 Å². The smallest absolute Gasteiger partial charge is 0.226 e. The second-order valence-corrected chi connectivity index (χ2v) is 8.64. The summed E-state index contributed by atoms with van der Waals surface area (Å²) in [5.41, 5.74) is 3.10. The van der Waals surface area contributed by atoms with Crippen molar-refractivity contribution in [2.75, 3.05) is 39.9 Å². The number of ether oxygens (including phenoxy) is 1. The van der Waals surface area contributed by atoms with Crippen molar-refractivity contribution >= 4 is 5.91 Å². The number of hydrogen-bond acceptors (Lipinski definition) is 4. The number of pyridine rings is 1. The minimum atomic E-state index is -0.363. The van der Waals surface area contributed by atoms with Crippen LogP contribution in [0.3, 0.4) is 0 Å². The van der Waals surface area contributed by atoms with Gasteiger partial charge in [-0.15, -0.1) is 0 Å². The molecular weight excluding hydrogens is 362 g/mol. The van der Waals surface area contributed by atoms with Crippen molar-refractivity contribution in [1.29, 1.82) is 0 Å². The Morgan fingerprint density at radius 2 is 2.00 bits per heavy atom. The number of carbonyl (C=O) groups is 1. The largest absolute Gasteiger partial charge is 0.381 e. The first-order valence-electron chi connectivity index (χ1n) is 10.7. The molecular formula is C24H31N3O2. The Labute approximate surface area is 173 Å². The van der Waals surface area contributed by atoms with Gasteiger partial charge in [0.15, 0.2) is 0 Å². The highest BCUT2D eigenvalue weighted by Crippen LogP contribution is 2.35. The zero-order chi connectivity index (χ0) is 20.1. The van der Waals surface area contributed by atoms with Crippen molar-refractivity contribution in [2.45, 2.75) is 25.7 Å². The van der Waals surface area contributed by atoms with Crippen LogP contribution >= 0.6 is 0 Å². The van der Waals surface area contributed by atoms with E-state index in [0.29, 0.717) is 19.1 Å². The van der Waals surface area contributed by atoms with Crippen molar-refractivity contribution in [1.82, 2.24) is 15.2 Å². The maximum atomic E-state index is 13.3. The molecule has 1 unspecified atom stereocenters. The number of likely N-dealkylation sites (tertiary alicyclic amines) is 1. The highest BCUT2D eigenvalue weighted by molar-refractivity contribution is 5.83. The molecule has 2 fully saturated rings. The van der Waals surface area contributed by atoms with Crippen LogP contribution in [0.25, 0.3) is 11.1 Å². The minimum absolute atomic E-state index is 0.201. The molecule has 1 aromatic heterocycles. The van der Waals surface area contributed by atoms with Crippen LogP contribution in [0, 0.1) is 11.3 Å². The van der Waals surface area contributed by atoms with Crippen molar-refractivity contribution in [3.05, 3.63) is 54.4 Å². The van der Waals surface area contributed by atoms with Gasteiger partial charge in [0.05, 0.1) is 5.41 Å². The number of carbonyl (C=O) groups excluding carboxylic acids is 1. The van der Waals surface area contributed by atoms with Crippen LogP contribution in [-0.2, 0) is 16.0 Å². The fourth-order valence-corrected chi connectivity index (χ4v) is 4.60. The lowest BCUT2D eigenvalue weighted by Crippen LogP contribution is -2.47. The van der Waals surface area contributed by atoms with Crippen LogP contribution in [-0.4, -0.2) is 55.7 Å². The topological polar surface area (TPSA) is 54.5 Å². The Morgan fingerprint density at radius 1 is 1.21 bits per heavy atom. The van der Waals surface area contributed by atoms with Gasteiger partial charge in [-0.2, -0.15) is 0 Å². The normalized spacial score (nSPS) is 21.8. The van der Waals surface area contributed by atoms with Gasteiger partial charge >= 0.3 is 0 Å². The summed E-state index contributed by atoms with van der Waals surface area (Å²) >= 11 is 0. The number of aromatic nitrogens is 1. The number of nitrogens with zero attached hydrogens (tertiary/aromatic N) is 2. The van der Waals surface area contributed by atoms with Gasteiger partial charge < -0.3 is 15.0 Å². The third-order valence-corrected chi connectivity index (χ3v) is 6.46. The SMILES string of the molecule is CN1CCC(CNC(=O)C2(Cc3ccc(-c4cccnc4)cc3)CCOCC2)C1. The summed E-state index contributed by atoms with van der Waals surface area (Å²) in [5, 5.41) is 3.28. The van der Waals surface area contributed by atoms with Crippen molar-refractivity contribution in [3.8, 4) is 11.1 Å². The molecule has 2 aliphatic rings. The molecule has 2 aliphatic heterocycles.